The van der Waals surface area contributed by atoms with Crippen LogP contribution in [0.3, 0.4) is 0 Å². The molecule has 0 radical (unpaired) electrons. The van der Waals surface area contributed by atoms with E-state index in [1.165, 1.54) is 0 Å². The summed E-state index contributed by atoms with van der Waals surface area (Å²) < 4.78 is 5.96. The van der Waals surface area contributed by atoms with Gasteiger partial charge in [0.15, 0.2) is 0 Å². The Labute approximate surface area is 86.4 Å². The third kappa shape index (κ3) is 2.70. The van der Waals surface area contributed by atoms with E-state index in [1.807, 2.05) is 14.1 Å². The van der Waals surface area contributed by atoms with Gasteiger partial charge < -0.3 is 9.64 Å². The molecule has 1 heterocycles. The van der Waals surface area contributed by atoms with E-state index < -0.39 is 0 Å². The molecular formula is C8H14BrN3O. The van der Waals surface area contributed by atoms with E-state index in [0.717, 1.165) is 23.1 Å². The first kappa shape index (κ1) is 10.5. The second kappa shape index (κ2) is 4.62. The zero-order valence-electron chi connectivity index (χ0n) is 8.09. The van der Waals surface area contributed by atoms with E-state index >= 15 is 0 Å². The van der Waals surface area contributed by atoms with Crippen LogP contribution in [0.2, 0.25) is 0 Å². The van der Waals surface area contributed by atoms with Gasteiger partial charge in [-0.3, -0.25) is 5.10 Å². The molecule has 74 valence electrons. The zero-order valence-corrected chi connectivity index (χ0v) is 9.68. The van der Waals surface area contributed by atoms with Crippen LogP contribution in [-0.2, 0) is 6.42 Å². The summed E-state index contributed by atoms with van der Waals surface area (Å²) in [6.45, 7) is 0.990. The van der Waals surface area contributed by atoms with Crippen LogP contribution < -0.4 is 4.74 Å². The third-order valence-electron chi connectivity index (χ3n) is 1.75. The summed E-state index contributed by atoms with van der Waals surface area (Å²) in [6.07, 6.45) is 0.934. The first-order valence-corrected chi connectivity index (χ1v) is 4.86. The maximum Gasteiger partial charge on any atom is 0.247 e. The molecule has 0 aliphatic heterocycles. The van der Waals surface area contributed by atoms with Crippen LogP contribution in [0, 0.1) is 0 Å². The Hall–Kier alpha value is -0.550. The highest BCUT2D eigenvalue weighted by Gasteiger charge is 2.10. The van der Waals surface area contributed by atoms with Gasteiger partial charge in [0.25, 0.3) is 0 Å². The lowest BCUT2D eigenvalue weighted by atomic mass is 10.3. The first-order chi connectivity index (χ1) is 6.15. The van der Waals surface area contributed by atoms with Crippen LogP contribution in [0.5, 0.6) is 5.88 Å². The SMILES string of the molecule is COc1n[nH]c(CCN(C)C)c1Br. The highest BCUT2D eigenvalue weighted by Crippen LogP contribution is 2.25. The largest absolute Gasteiger partial charge is 0.479 e. The Morgan fingerprint density at radius 1 is 1.54 bits per heavy atom. The molecule has 0 aliphatic carbocycles. The first-order valence-electron chi connectivity index (χ1n) is 4.06. The Balaban J connectivity index is 2.62. The molecule has 4 nitrogen and oxygen atoms in total. The summed E-state index contributed by atoms with van der Waals surface area (Å²) in [6, 6.07) is 0. The van der Waals surface area contributed by atoms with E-state index in [0.29, 0.717) is 5.88 Å². The molecule has 0 spiro atoms. The molecule has 0 saturated carbocycles. The molecule has 0 aliphatic rings. The Morgan fingerprint density at radius 3 is 2.69 bits per heavy atom. The van der Waals surface area contributed by atoms with E-state index in [4.69, 9.17) is 4.74 Å². The highest BCUT2D eigenvalue weighted by atomic mass is 79.9. The molecule has 0 amide bonds. The number of ether oxygens (including phenoxy) is 1. The van der Waals surface area contributed by atoms with Crippen molar-refractivity contribution < 1.29 is 4.74 Å². The van der Waals surface area contributed by atoms with Crippen molar-refractivity contribution in [3.05, 3.63) is 10.2 Å². The molecule has 0 unspecified atom stereocenters. The average Bonchev–Trinajstić information content (AvgIpc) is 2.43. The van der Waals surface area contributed by atoms with Gasteiger partial charge in [-0.15, -0.1) is 5.10 Å². The fraction of sp³-hybridized carbons (Fsp3) is 0.625. The lowest BCUT2D eigenvalue weighted by Gasteiger charge is -2.07. The predicted molar refractivity (Wildman–Crippen MR) is 55.1 cm³/mol. The summed E-state index contributed by atoms with van der Waals surface area (Å²) in [7, 11) is 5.69. The van der Waals surface area contributed by atoms with Crippen molar-refractivity contribution in [3.8, 4) is 5.88 Å². The zero-order chi connectivity index (χ0) is 9.84. The van der Waals surface area contributed by atoms with Gasteiger partial charge in [0.2, 0.25) is 5.88 Å². The van der Waals surface area contributed by atoms with Crippen LogP contribution in [0.1, 0.15) is 5.69 Å². The molecule has 0 fully saturated rings. The minimum Gasteiger partial charge on any atom is -0.479 e. The van der Waals surface area contributed by atoms with E-state index in [2.05, 4.69) is 31.0 Å². The van der Waals surface area contributed by atoms with Crippen molar-refractivity contribution in [3.63, 3.8) is 0 Å². The lowest BCUT2D eigenvalue weighted by Crippen LogP contribution is -2.15. The maximum atomic E-state index is 5.03. The third-order valence-corrected chi connectivity index (χ3v) is 2.57. The number of hydrogen-bond acceptors (Lipinski definition) is 3. The minimum absolute atomic E-state index is 0.619. The Morgan fingerprint density at radius 2 is 2.23 bits per heavy atom. The van der Waals surface area contributed by atoms with Crippen LogP contribution in [0.15, 0.2) is 4.47 Å². The summed E-state index contributed by atoms with van der Waals surface area (Å²) in [5, 5.41) is 6.93. The van der Waals surface area contributed by atoms with Crippen molar-refractivity contribution >= 4 is 15.9 Å². The van der Waals surface area contributed by atoms with Crippen LogP contribution >= 0.6 is 15.9 Å². The number of nitrogens with one attached hydrogen (secondary N) is 1. The van der Waals surface area contributed by atoms with Crippen LogP contribution in [-0.4, -0.2) is 42.8 Å². The summed E-state index contributed by atoms with van der Waals surface area (Å²) in [5.41, 5.74) is 1.07. The average molecular weight is 248 g/mol. The summed E-state index contributed by atoms with van der Waals surface area (Å²) in [4.78, 5) is 2.12. The van der Waals surface area contributed by atoms with E-state index in [1.54, 1.807) is 7.11 Å². The molecule has 0 aromatic carbocycles. The molecule has 0 saturated heterocycles. The number of H-pyrrole nitrogens is 1. The van der Waals surface area contributed by atoms with Crippen molar-refractivity contribution in [2.75, 3.05) is 27.7 Å². The van der Waals surface area contributed by atoms with Gasteiger partial charge in [0.05, 0.1) is 12.8 Å². The topological polar surface area (TPSA) is 41.1 Å². The number of aromatic amines is 1. The van der Waals surface area contributed by atoms with Crippen molar-refractivity contribution in [2.24, 2.45) is 0 Å². The number of halogens is 1. The minimum atomic E-state index is 0.619. The highest BCUT2D eigenvalue weighted by molar-refractivity contribution is 9.10. The number of likely N-dealkylation sites (N-methyl/N-ethyl adjacent to an activating group) is 1. The van der Waals surface area contributed by atoms with Gasteiger partial charge in [-0.05, 0) is 30.0 Å². The standard InChI is InChI=1S/C8H14BrN3O/c1-12(2)5-4-6-7(9)8(13-3)11-10-6/h4-5H2,1-3H3,(H,10,11). The van der Waals surface area contributed by atoms with Gasteiger partial charge >= 0.3 is 0 Å². The van der Waals surface area contributed by atoms with Crippen molar-refractivity contribution in [2.45, 2.75) is 6.42 Å². The van der Waals surface area contributed by atoms with Crippen molar-refractivity contribution in [1.29, 1.82) is 0 Å². The van der Waals surface area contributed by atoms with Gasteiger partial charge in [0.1, 0.15) is 4.47 Å². The molecule has 1 aromatic heterocycles. The molecule has 0 atom stereocenters. The summed E-state index contributed by atoms with van der Waals surface area (Å²) >= 11 is 3.42. The van der Waals surface area contributed by atoms with Crippen molar-refractivity contribution in [1.82, 2.24) is 15.1 Å². The van der Waals surface area contributed by atoms with Gasteiger partial charge in [-0.1, -0.05) is 0 Å². The quantitative estimate of drug-likeness (QED) is 0.872. The molecule has 1 N–H and O–H groups in total. The molecule has 5 heteroatoms. The predicted octanol–water partition coefficient (Wildman–Crippen LogP) is 1.28. The van der Waals surface area contributed by atoms with E-state index in [9.17, 15) is 0 Å². The molecule has 1 aromatic rings. The van der Waals surface area contributed by atoms with Crippen LogP contribution in [0.25, 0.3) is 0 Å². The van der Waals surface area contributed by atoms with Gasteiger partial charge in [-0.25, -0.2) is 0 Å². The van der Waals surface area contributed by atoms with E-state index in [-0.39, 0.29) is 0 Å². The number of aromatic nitrogens is 2. The number of rotatable bonds is 4. The molecular weight excluding hydrogens is 234 g/mol. The molecule has 0 bridgehead atoms. The van der Waals surface area contributed by atoms with Gasteiger partial charge in [-0.2, -0.15) is 0 Å². The van der Waals surface area contributed by atoms with Crippen LogP contribution in [0.4, 0.5) is 0 Å². The fourth-order valence-corrected chi connectivity index (χ4v) is 1.52. The second-order valence-corrected chi connectivity index (χ2v) is 3.87. The summed E-state index contributed by atoms with van der Waals surface area (Å²) in [5.74, 6) is 0.619. The lowest BCUT2D eigenvalue weighted by molar-refractivity contribution is 0.394. The van der Waals surface area contributed by atoms with Gasteiger partial charge in [0, 0.05) is 13.0 Å². The maximum absolute atomic E-state index is 5.03. The number of nitrogens with zero attached hydrogens (tertiary/aromatic N) is 2. The Bertz CT molecular complexity index is 272. The number of hydrogen-bond donors (Lipinski definition) is 1. The smallest absolute Gasteiger partial charge is 0.247 e. The molecule has 13 heavy (non-hydrogen) atoms. The number of methoxy groups -OCH3 is 1. The second-order valence-electron chi connectivity index (χ2n) is 3.08. The molecule has 1 rings (SSSR count). The Kier molecular flexibility index (Phi) is 3.74. The monoisotopic (exact) mass is 247 g/mol. The fourth-order valence-electron chi connectivity index (χ4n) is 0.982. The normalized spacial score (nSPS) is 10.8.